The summed E-state index contributed by atoms with van der Waals surface area (Å²) in [6.45, 7) is 5.68. The fourth-order valence-corrected chi connectivity index (χ4v) is 5.05. The number of nitrogens with zero attached hydrogens (tertiary/aromatic N) is 4. The lowest BCUT2D eigenvalue weighted by atomic mass is 9.96. The average Bonchev–Trinajstić information content (AvgIpc) is 2.92. The summed E-state index contributed by atoms with van der Waals surface area (Å²) in [5, 5.41) is 15.4. The zero-order valence-corrected chi connectivity index (χ0v) is 21.2. The third-order valence-electron chi connectivity index (χ3n) is 6.59. The van der Waals surface area contributed by atoms with Gasteiger partial charge in [0.05, 0.1) is 5.02 Å². The molecule has 194 valence electrons. The quantitative estimate of drug-likeness (QED) is 0.200. The van der Waals surface area contributed by atoms with E-state index in [1.807, 2.05) is 29.2 Å². The van der Waals surface area contributed by atoms with E-state index in [4.69, 9.17) is 11.6 Å². The van der Waals surface area contributed by atoms with Crippen LogP contribution in [0.4, 0.5) is 16.2 Å². The van der Waals surface area contributed by atoms with Crippen molar-refractivity contribution in [3.63, 3.8) is 0 Å². The fourth-order valence-electron chi connectivity index (χ4n) is 4.76. The third-order valence-corrected chi connectivity index (χ3v) is 6.89. The van der Waals surface area contributed by atoms with E-state index in [0.29, 0.717) is 42.9 Å². The minimum absolute atomic E-state index is 0.0131. The number of hydrogen-bond donors (Lipinski definition) is 2. The number of halogens is 2. The van der Waals surface area contributed by atoms with Crippen LogP contribution in [0.1, 0.15) is 6.42 Å². The van der Waals surface area contributed by atoms with Gasteiger partial charge in [0, 0.05) is 50.1 Å². The summed E-state index contributed by atoms with van der Waals surface area (Å²) in [5.74, 6) is -0.161. The summed E-state index contributed by atoms with van der Waals surface area (Å²) in [5.41, 5.74) is 0.619. The van der Waals surface area contributed by atoms with Crippen LogP contribution in [0.5, 0.6) is 5.75 Å². The largest absolute Gasteiger partial charge is 0.508 e. The highest BCUT2D eigenvalue weighted by Crippen LogP contribution is 2.42. The summed E-state index contributed by atoms with van der Waals surface area (Å²) in [6, 6.07) is 12.1. The first-order valence-corrected chi connectivity index (χ1v) is 12.5. The topological polar surface area (TPSA) is 98.7 Å². The Morgan fingerprint density at radius 1 is 1.13 bits per heavy atom. The Hall–Kier alpha value is -4.24. The van der Waals surface area contributed by atoms with E-state index in [1.165, 1.54) is 12.1 Å². The highest BCUT2D eigenvalue weighted by Gasteiger charge is 2.26. The third kappa shape index (κ3) is 4.72. The monoisotopic (exact) mass is 533 g/mol. The lowest BCUT2D eigenvalue weighted by molar-refractivity contribution is -0.126. The number of anilines is 2. The molecule has 3 aromatic carbocycles. The van der Waals surface area contributed by atoms with Gasteiger partial charge >= 0.3 is 0 Å². The molecule has 1 saturated heterocycles. The second-order valence-corrected chi connectivity index (χ2v) is 9.33. The van der Waals surface area contributed by atoms with Gasteiger partial charge in [-0.3, -0.25) is 4.79 Å². The predicted octanol–water partition coefficient (Wildman–Crippen LogP) is 4.78. The minimum Gasteiger partial charge on any atom is -0.508 e. The number of fused-ring (bicyclic) bond motifs is 2. The van der Waals surface area contributed by atoms with Gasteiger partial charge in [-0.15, -0.1) is 0 Å². The van der Waals surface area contributed by atoms with Crippen LogP contribution >= 0.6 is 11.6 Å². The number of rotatable bonds is 7. The molecule has 0 saturated carbocycles. The first-order chi connectivity index (χ1) is 18.4. The van der Waals surface area contributed by atoms with Crippen molar-refractivity contribution >= 4 is 57.2 Å². The molecule has 5 rings (SSSR count). The molecule has 38 heavy (non-hydrogen) atoms. The van der Waals surface area contributed by atoms with Crippen LogP contribution in [-0.4, -0.2) is 64.9 Å². The lowest BCUT2D eigenvalue weighted by Crippen LogP contribution is -2.48. The summed E-state index contributed by atoms with van der Waals surface area (Å²) in [6.07, 6.45) is 2.30. The molecule has 1 aromatic heterocycles. The number of phenolic OH excluding ortho intramolecular Hbond substituents is 1. The van der Waals surface area contributed by atoms with Crippen molar-refractivity contribution in [2.75, 3.05) is 42.9 Å². The number of phenols is 1. The molecule has 0 spiro atoms. The molecule has 1 fully saturated rings. The molecule has 1 aliphatic rings. The number of aldehydes is 1. The Morgan fingerprint density at radius 2 is 1.89 bits per heavy atom. The van der Waals surface area contributed by atoms with Gasteiger partial charge in [0.2, 0.25) is 11.9 Å². The number of nitrogens with one attached hydrogen (secondary N) is 1. The maximum Gasteiger partial charge on any atom is 0.246 e. The van der Waals surface area contributed by atoms with Crippen molar-refractivity contribution in [1.29, 1.82) is 0 Å². The fraction of sp³-hybridized carbons (Fsp3) is 0.214. The molecular formula is C28H25ClFN5O3. The van der Waals surface area contributed by atoms with Crippen LogP contribution in [-0.2, 0) is 9.59 Å². The lowest BCUT2D eigenvalue weighted by Gasteiger charge is -2.35. The number of aromatic hydroxyl groups is 1. The Bertz CT molecular complexity index is 1570. The van der Waals surface area contributed by atoms with Gasteiger partial charge < -0.3 is 25.0 Å². The van der Waals surface area contributed by atoms with Gasteiger partial charge in [-0.05, 0) is 40.6 Å². The molecule has 0 aliphatic carbocycles. The van der Waals surface area contributed by atoms with Crippen molar-refractivity contribution in [2.45, 2.75) is 6.42 Å². The molecule has 0 radical (unpaired) electrons. The number of benzene rings is 3. The van der Waals surface area contributed by atoms with E-state index < -0.39 is 5.82 Å². The minimum atomic E-state index is -0.647. The molecule has 0 bridgehead atoms. The number of aromatic nitrogens is 2. The first-order valence-electron chi connectivity index (χ1n) is 12.2. The van der Waals surface area contributed by atoms with Crippen molar-refractivity contribution in [3.05, 3.63) is 66.0 Å². The Balaban J connectivity index is 1.67. The molecule has 4 aromatic rings. The summed E-state index contributed by atoms with van der Waals surface area (Å²) >= 11 is 6.72. The number of amides is 1. The molecule has 1 aliphatic heterocycles. The maximum atomic E-state index is 16.4. The zero-order chi connectivity index (χ0) is 26.8. The van der Waals surface area contributed by atoms with Gasteiger partial charge in [-0.25, -0.2) is 9.37 Å². The summed E-state index contributed by atoms with van der Waals surface area (Å²) in [4.78, 5) is 35.6. The molecule has 0 unspecified atom stereocenters. The second-order valence-electron chi connectivity index (χ2n) is 8.93. The van der Waals surface area contributed by atoms with Crippen LogP contribution < -0.4 is 10.2 Å². The number of hydrogen-bond acceptors (Lipinski definition) is 7. The highest BCUT2D eigenvalue weighted by molar-refractivity contribution is 6.35. The van der Waals surface area contributed by atoms with Crippen LogP contribution in [0, 0.1) is 5.82 Å². The number of carbonyl (C=O) groups is 2. The number of piperazine rings is 1. The SMILES string of the molecule is C=CC(=O)N1CCN(c2nc(NCCC=O)nc3c(F)c(-c4cc(O)cc5ccccc45)c(Cl)cc23)CC1. The second kappa shape index (κ2) is 10.6. The van der Waals surface area contributed by atoms with Crippen molar-refractivity contribution in [1.82, 2.24) is 14.9 Å². The van der Waals surface area contributed by atoms with E-state index >= 15 is 4.39 Å². The first kappa shape index (κ1) is 25.4. The highest BCUT2D eigenvalue weighted by atomic mass is 35.5. The molecule has 8 nitrogen and oxygen atoms in total. The van der Waals surface area contributed by atoms with Crippen molar-refractivity contribution in [3.8, 4) is 16.9 Å². The molecular weight excluding hydrogens is 509 g/mol. The van der Waals surface area contributed by atoms with Gasteiger partial charge in [0.25, 0.3) is 0 Å². The molecule has 2 N–H and O–H groups in total. The van der Waals surface area contributed by atoms with Gasteiger partial charge in [0.15, 0.2) is 5.82 Å². The molecule has 1 amide bonds. The van der Waals surface area contributed by atoms with E-state index in [1.54, 1.807) is 17.0 Å². The van der Waals surface area contributed by atoms with E-state index in [0.717, 1.165) is 17.1 Å². The van der Waals surface area contributed by atoms with Crippen LogP contribution in [0.3, 0.4) is 0 Å². The van der Waals surface area contributed by atoms with Gasteiger partial charge in [-0.2, -0.15) is 4.98 Å². The normalized spacial score (nSPS) is 13.6. The Morgan fingerprint density at radius 3 is 2.63 bits per heavy atom. The molecule has 10 heteroatoms. The average molecular weight is 534 g/mol. The van der Waals surface area contributed by atoms with Gasteiger partial charge in [-0.1, -0.05) is 42.4 Å². The predicted molar refractivity (Wildman–Crippen MR) is 147 cm³/mol. The van der Waals surface area contributed by atoms with E-state index in [9.17, 15) is 14.7 Å². The Labute approximate surface area is 223 Å². The van der Waals surface area contributed by atoms with Crippen LogP contribution in [0.2, 0.25) is 5.02 Å². The van der Waals surface area contributed by atoms with Crippen molar-refractivity contribution < 1.29 is 19.1 Å². The van der Waals surface area contributed by atoms with E-state index in [-0.39, 0.29) is 46.7 Å². The molecule has 2 heterocycles. The van der Waals surface area contributed by atoms with Crippen LogP contribution in [0.15, 0.2) is 55.1 Å². The standard InChI is InChI=1S/C28H25ClFN5O3/c1-2-23(38)34-9-11-35(12-10-34)27-21-16-22(29)24(20-15-18(37)14-17-6-3-4-7-19(17)20)25(30)26(21)32-28(33-27)31-8-5-13-36/h2-4,6-7,13-16,37H,1,5,8-12H2,(H,31,32,33). The smallest absolute Gasteiger partial charge is 0.246 e. The summed E-state index contributed by atoms with van der Waals surface area (Å²) in [7, 11) is 0. The van der Waals surface area contributed by atoms with E-state index in [2.05, 4.69) is 21.9 Å². The summed E-state index contributed by atoms with van der Waals surface area (Å²) < 4.78 is 16.4. The van der Waals surface area contributed by atoms with Gasteiger partial charge in [0.1, 0.15) is 23.4 Å². The van der Waals surface area contributed by atoms with Crippen molar-refractivity contribution in [2.24, 2.45) is 0 Å². The maximum absolute atomic E-state index is 16.4. The van der Waals surface area contributed by atoms with Crippen LogP contribution in [0.25, 0.3) is 32.8 Å². The Kier molecular flexibility index (Phi) is 7.11. The zero-order valence-electron chi connectivity index (χ0n) is 20.5. The number of carbonyl (C=O) groups excluding carboxylic acids is 2. The molecule has 0 atom stereocenters.